The molecule has 0 amide bonds. The molecular weight excluding hydrogens is 242 g/mol. The molecule has 2 radical (unpaired) electrons. The fraction of sp³-hybridized carbons (Fsp3) is 0.214. The van der Waals surface area contributed by atoms with Crippen molar-refractivity contribution in [2.24, 2.45) is 0 Å². The maximum atomic E-state index is 6.29. The fourth-order valence-corrected chi connectivity index (χ4v) is 2.19. The zero-order chi connectivity index (χ0) is 13.3. The molecule has 0 bridgehead atoms. The first-order valence-corrected chi connectivity index (χ1v) is 6.16. The highest BCUT2D eigenvalue weighted by Crippen LogP contribution is 2.24. The molecule has 2 aromatic rings. The molecule has 0 aliphatic carbocycles. The smallest absolute Gasteiger partial charge is 0.117 e. The summed E-state index contributed by atoms with van der Waals surface area (Å²) in [7, 11) is 7.93. The van der Waals surface area contributed by atoms with Crippen LogP contribution in [0.4, 0.5) is 0 Å². The van der Waals surface area contributed by atoms with Crippen LogP contribution in [-0.4, -0.2) is 19.9 Å². The number of aromatic nitrogens is 1. The molecule has 90 valence electrons. The molecule has 2 nitrogen and oxygen atoms in total. The van der Waals surface area contributed by atoms with E-state index in [1.54, 1.807) is 0 Å². The third kappa shape index (κ3) is 2.11. The van der Waals surface area contributed by atoms with Gasteiger partial charge in [0.15, 0.2) is 0 Å². The van der Waals surface area contributed by atoms with Crippen LogP contribution in [0.15, 0.2) is 24.3 Å². The summed E-state index contributed by atoms with van der Waals surface area (Å²) in [5.74, 6) is 0. The van der Waals surface area contributed by atoms with Gasteiger partial charge in [-0.3, -0.25) is 0 Å². The Kier molecular flexibility index (Phi) is 3.62. The van der Waals surface area contributed by atoms with E-state index < -0.39 is 0 Å². The highest BCUT2D eigenvalue weighted by molar-refractivity contribution is 6.42. The SMILES string of the molecule is [B]c1c(C)ccc2c(Cl)cc(/C(=C/C)NC)nc12. The Morgan fingerprint density at radius 3 is 2.78 bits per heavy atom. The monoisotopic (exact) mass is 256 g/mol. The summed E-state index contributed by atoms with van der Waals surface area (Å²) < 4.78 is 0. The molecular formula is C14H14BClN2. The fourth-order valence-electron chi connectivity index (χ4n) is 1.93. The van der Waals surface area contributed by atoms with Gasteiger partial charge in [-0.2, -0.15) is 0 Å². The van der Waals surface area contributed by atoms with Crippen LogP contribution in [0.2, 0.25) is 5.02 Å². The molecule has 0 aliphatic heterocycles. The van der Waals surface area contributed by atoms with Crippen molar-refractivity contribution in [1.82, 2.24) is 10.3 Å². The van der Waals surface area contributed by atoms with E-state index in [-0.39, 0.29) is 0 Å². The molecule has 0 atom stereocenters. The van der Waals surface area contributed by atoms with Gasteiger partial charge in [0.25, 0.3) is 0 Å². The summed E-state index contributed by atoms with van der Waals surface area (Å²) in [5, 5.41) is 4.64. The van der Waals surface area contributed by atoms with Crippen LogP contribution in [0.5, 0.6) is 0 Å². The van der Waals surface area contributed by atoms with Gasteiger partial charge in [0.1, 0.15) is 7.85 Å². The van der Waals surface area contributed by atoms with Gasteiger partial charge < -0.3 is 5.32 Å². The number of fused-ring (bicyclic) bond motifs is 1. The number of halogens is 1. The quantitative estimate of drug-likeness (QED) is 0.836. The van der Waals surface area contributed by atoms with Gasteiger partial charge in [-0.15, -0.1) is 0 Å². The summed E-state index contributed by atoms with van der Waals surface area (Å²) >= 11 is 6.29. The number of hydrogen-bond acceptors (Lipinski definition) is 2. The Balaban J connectivity index is 2.78. The second-order valence-corrected chi connectivity index (χ2v) is 4.54. The van der Waals surface area contributed by atoms with E-state index in [2.05, 4.69) is 10.3 Å². The van der Waals surface area contributed by atoms with Gasteiger partial charge in [0.05, 0.1) is 21.9 Å². The first-order chi connectivity index (χ1) is 8.58. The molecule has 0 aliphatic rings. The summed E-state index contributed by atoms with van der Waals surface area (Å²) in [6, 6.07) is 5.76. The number of allylic oxidation sites excluding steroid dienone is 1. The van der Waals surface area contributed by atoms with E-state index in [0.29, 0.717) is 10.5 Å². The standard InChI is InChI=1S/C14H14BClN2/c1-4-11(17-3)12-7-10(16)9-6-5-8(2)13(15)14(9)18-12/h4-7,17H,1-3H3/b11-4-. The number of aryl methyl sites for hydroxylation is 1. The minimum absolute atomic E-state index is 0.663. The van der Waals surface area contributed by atoms with Gasteiger partial charge in [0, 0.05) is 12.4 Å². The van der Waals surface area contributed by atoms with Crippen LogP contribution in [0.25, 0.3) is 16.6 Å². The second-order valence-electron chi connectivity index (χ2n) is 4.13. The van der Waals surface area contributed by atoms with Crippen molar-refractivity contribution < 1.29 is 0 Å². The van der Waals surface area contributed by atoms with Gasteiger partial charge >= 0.3 is 0 Å². The number of hydrogen-bond donors (Lipinski definition) is 1. The molecule has 4 heteroatoms. The Labute approximate surface area is 113 Å². The van der Waals surface area contributed by atoms with Crippen molar-refractivity contribution in [2.75, 3.05) is 7.05 Å². The van der Waals surface area contributed by atoms with Gasteiger partial charge in [-0.05, 0) is 19.9 Å². The lowest BCUT2D eigenvalue weighted by atomic mass is 9.88. The average Bonchev–Trinajstić information content (AvgIpc) is 2.36. The zero-order valence-electron chi connectivity index (χ0n) is 10.7. The molecule has 1 heterocycles. The third-order valence-electron chi connectivity index (χ3n) is 3.02. The zero-order valence-corrected chi connectivity index (χ0v) is 11.5. The van der Waals surface area contributed by atoms with E-state index in [9.17, 15) is 0 Å². The van der Waals surface area contributed by atoms with E-state index in [1.807, 2.05) is 45.2 Å². The van der Waals surface area contributed by atoms with Gasteiger partial charge in [-0.1, -0.05) is 40.8 Å². The average molecular weight is 257 g/mol. The normalized spacial score (nSPS) is 11.9. The first kappa shape index (κ1) is 13.0. The van der Waals surface area contributed by atoms with Crippen molar-refractivity contribution in [2.45, 2.75) is 13.8 Å². The summed E-state index contributed by atoms with van der Waals surface area (Å²) in [6.07, 6.45) is 1.95. The molecule has 0 fully saturated rings. The lowest BCUT2D eigenvalue weighted by molar-refractivity contribution is 1.10. The van der Waals surface area contributed by atoms with E-state index >= 15 is 0 Å². The minimum Gasteiger partial charge on any atom is -0.387 e. The van der Waals surface area contributed by atoms with Crippen molar-refractivity contribution in [3.8, 4) is 0 Å². The molecule has 0 unspecified atom stereocenters. The number of pyridine rings is 1. The lowest BCUT2D eigenvalue weighted by Crippen LogP contribution is -2.13. The maximum Gasteiger partial charge on any atom is 0.117 e. The summed E-state index contributed by atoms with van der Waals surface area (Å²) in [4.78, 5) is 4.60. The maximum absolute atomic E-state index is 6.29. The molecule has 1 aromatic carbocycles. The van der Waals surface area contributed by atoms with Crippen LogP contribution >= 0.6 is 11.6 Å². The van der Waals surface area contributed by atoms with Crippen LogP contribution in [0.1, 0.15) is 18.2 Å². The van der Waals surface area contributed by atoms with E-state index in [4.69, 9.17) is 19.4 Å². The van der Waals surface area contributed by atoms with Gasteiger partial charge in [-0.25, -0.2) is 4.98 Å². The van der Waals surface area contributed by atoms with Crippen LogP contribution < -0.4 is 10.8 Å². The molecule has 1 N–H and O–H groups in total. The molecule has 1 aromatic heterocycles. The van der Waals surface area contributed by atoms with Crippen molar-refractivity contribution >= 4 is 41.5 Å². The van der Waals surface area contributed by atoms with E-state index in [0.717, 1.165) is 27.9 Å². The number of benzene rings is 1. The Morgan fingerprint density at radius 1 is 1.44 bits per heavy atom. The number of rotatable bonds is 2. The molecule has 0 saturated carbocycles. The van der Waals surface area contributed by atoms with Crippen LogP contribution in [-0.2, 0) is 0 Å². The van der Waals surface area contributed by atoms with Crippen molar-refractivity contribution in [1.29, 1.82) is 0 Å². The third-order valence-corrected chi connectivity index (χ3v) is 3.33. The molecule has 0 saturated heterocycles. The molecule has 18 heavy (non-hydrogen) atoms. The van der Waals surface area contributed by atoms with Crippen LogP contribution in [0.3, 0.4) is 0 Å². The summed E-state index contributed by atoms with van der Waals surface area (Å²) in [6.45, 7) is 3.91. The largest absolute Gasteiger partial charge is 0.387 e. The Hall–Kier alpha value is -1.48. The van der Waals surface area contributed by atoms with Crippen molar-refractivity contribution in [3.63, 3.8) is 0 Å². The number of nitrogens with one attached hydrogen (secondary N) is 1. The first-order valence-electron chi connectivity index (χ1n) is 5.78. The predicted octanol–water partition coefficient (Wildman–Crippen LogP) is 2.57. The highest BCUT2D eigenvalue weighted by atomic mass is 35.5. The van der Waals surface area contributed by atoms with E-state index in [1.165, 1.54) is 0 Å². The minimum atomic E-state index is 0.663. The molecule has 0 spiro atoms. The lowest BCUT2D eigenvalue weighted by Gasteiger charge is -2.11. The summed E-state index contributed by atoms with van der Waals surface area (Å²) in [5.41, 5.74) is 4.18. The topological polar surface area (TPSA) is 24.9 Å². The second kappa shape index (κ2) is 5.03. The van der Waals surface area contributed by atoms with Crippen molar-refractivity contribution in [3.05, 3.63) is 40.6 Å². The van der Waals surface area contributed by atoms with Gasteiger partial charge in [0.2, 0.25) is 0 Å². The Bertz CT molecular complexity index is 635. The van der Waals surface area contributed by atoms with Crippen LogP contribution in [0, 0.1) is 6.92 Å². The Morgan fingerprint density at radius 2 is 2.17 bits per heavy atom. The predicted molar refractivity (Wildman–Crippen MR) is 79.6 cm³/mol. The number of nitrogens with zero attached hydrogens (tertiary/aromatic N) is 1. The highest BCUT2D eigenvalue weighted by Gasteiger charge is 2.09. The molecule has 2 rings (SSSR count).